The smallest absolute Gasteiger partial charge is 0.0534 e. The standard InChI is InChI=1S/C16H27N5.ClH/c1-13(2)10-20-12-15(8-19-20)7-17-9-16-5-6-18-21(16)11-14(3)4;/h5-6,8,12-14,17H,7,9-11H2,1-4H3;1H. The lowest BCUT2D eigenvalue weighted by Crippen LogP contribution is -2.17. The highest BCUT2D eigenvalue weighted by molar-refractivity contribution is 5.85. The Labute approximate surface area is 139 Å². The summed E-state index contributed by atoms with van der Waals surface area (Å²) in [7, 11) is 0. The van der Waals surface area contributed by atoms with Crippen LogP contribution in [0.2, 0.25) is 0 Å². The van der Waals surface area contributed by atoms with Crippen LogP contribution in [0.4, 0.5) is 0 Å². The van der Waals surface area contributed by atoms with E-state index < -0.39 is 0 Å². The Balaban J connectivity index is 0.00000242. The monoisotopic (exact) mass is 325 g/mol. The van der Waals surface area contributed by atoms with Gasteiger partial charge in [-0.25, -0.2) is 0 Å². The molecule has 0 saturated carbocycles. The van der Waals surface area contributed by atoms with Crippen molar-refractivity contribution in [1.29, 1.82) is 0 Å². The molecule has 0 aliphatic heterocycles. The van der Waals surface area contributed by atoms with Crippen molar-refractivity contribution in [2.45, 2.75) is 53.9 Å². The fourth-order valence-corrected chi connectivity index (χ4v) is 2.33. The second-order valence-corrected chi connectivity index (χ2v) is 6.47. The normalized spacial score (nSPS) is 11.2. The zero-order valence-corrected chi connectivity index (χ0v) is 14.8. The van der Waals surface area contributed by atoms with Crippen molar-refractivity contribution in [3.05, 3.63) is 35.9 Å². The SMILES string of the molecule is CC(C)Cn1cc(CNCc2ccnn2CC(C)C)cn1.Cl. The summed E-state index contributed by atoms with van der Waals surface area (Å²) >= 11 is 0. The number of hydrogen-bond donors (Lipinski definition) is 1. The van der Waals surface area contributed by atoms with Gasteiger partial charge in [-0.2, -0.15) is 10.2 Å². The summed E-state index contributed by atoms with van der Waals surface area (Å²) in [5.41, 5.74) is 2.46. The van der Waals surface area contributed by atoms with Crippen LogP contribution in [0.1, 0.15) is 39.0 Å². The van der Waals surface area contributed by atoms with E-state index in [4.69, 9.17) is 0 Å². The molecule has 124 valence electrons. The van der Waals surface area contributed by atoms with Gasteiger partial charge in [-0.05, 0) is 17.9 Å². The van der Waals surface area contributed by atoms with Gasteiger partial charge in [0.2, 0.25) is 0 Å². The third-order valence-corrected chi connectivity index (χ3v) is 3.22. The van der Waals surface area contributed by atoms with E-state index in [0.717, 1.165) is 26.2 Å². The van der Waals surface area contributed by atoms with Crippen molar-refractivity contribution in [3.8, 4) is 0 Å². The Morgan fingerprint density at radius 2 is 1.77 bits per heavy atom. The average molecular weight is 326 g/mol. The Bertz CT molecular complexity index is 544. The number of halogens is 1. The van der Waals surface area contributed by atoms with E-state index in [0.29, 0.717) is 11.8 Å². The second-order valence-electron chi connectivity index (χ2n) is 6.47. The Kier molecular flexibility index (Phi) is 7.62. The van der Waals surface area contributed by atoms with E-state index in [9.17, 15) is 0 Å². The molecule has 0 aliphatic rings. The number of rotatable bonds is 8. The first-order chi connectivity index (χ1) is 10.0. The van der Waals surface area contributed by atoms with Crippen LogP contribution in [-0.2, 0) is 26.2 Å². The molecule has 0 spiro atoms. The van der Waals surface area contributed by atoms with Gasteiger partial charge < -0.3 is 5.32 Å². The van der Waals surface area contributed by atoms with Crippen molar-refractivity contribution >= 4 is 12.4 Å². The Morgan fingerprint density at radius 1 is 1.05 bits per heavy atom. The first-order valence-corrected chi connectivity index (χ1v) is 7.77. The topological polar surface area (TPSA) is 47.7 Å². The molecular weight excluding hydrogens is 298 g/mol. The van der Waals surface area contributed by atoms with Crippen molar-refractivity contribution < 1.29 is 0 Å². The molecule has 5 nitrogen and oxygen atoms in total. The van der Waals surface area contributed by atoms with E-state index in [1.54, 1.807) is 0 Å². The highest BCUT2D eigenvalue weighted by atomic mass is 35.5. The summed E-state index contributed by atoms with van der Waals surface area (Å²) in [5.74, 6) is 1.23. The highest BCUT2D eigenvalue weighted by Gasteiger charge is 2.05. The van der Waals surface area contributed by atoms with Gasteiger partial charge in [-0.3, -0.25) is 9.36 Å². The molecule has 2 rings (SSSR count). The molecule has 6 heteroatoms. The maximum absolute atomic E-state index is 4.39. The minimum absolute atomic E-state index is 0. The predicted octanol–water partition coefficient (Wildman–Crippen LogP) is 3.10. The molecule has 22 heavy (non-hydrogen) atoms. The van der Waals surface area contributed by atoms with E-state index in [-0.39, 0.29) is 12.4 Å². The summed E-state index contributed by atoms with van der Waals surface area (Å²) in [6.07, 6.45) is 5.94. The summed E-state index contributed by atoms with van der Waals surface area (Å²) in [5, 5.41) is 12.2. The molecule has 2 heterocycles. The average Bonchev–Trinajstić information content (AvgIpc) is 2.99. The number of nitrogens with zero attached hydrogens (tertiary/aromatic N) is 4. The Hall–Kier alpha value is -1.33. The third-order valence-electron chi connectivity index (χ3n) is 3.22. The van der Waals surface area contributed by atoms with Gasteiger partial charge in [0.25, 0.3) is 0 Å². The van der Waals surface area contributed by atoms with Crippen LogP contribution in [0.3, 0.4) is 0 Å². The quantitative estimate of drug-likeness (QED) is 0.811. The van der Waals surface area contributed by atoms with E-state index in [1.807, 2.05) is 17.1 Å². The van der Waals surface area contributed by atoms with E-state index in [2.05, 4.69) is 60.2 Å². The molecule has 2 aromatic rings. The lowest BCUT2D eigenvalue weighted by atomic mass is 10.2. The Morgan fingerprint density at radius 3 is 2.45 bits per heavy atom. The zero-order valence-electron chi connectivity index (χ0n) is 14.0. The van der Waals surface area contributed by atoms with Gasteiger partial charge in [0.15, 0.2) is 0 Å². The van der Waals surface area contributed by atoms with Crippen LogP contribution >= 0.6 is 12.4 Å². The molecule has 0 radical (unpaired) electrons. The van der Waals surface area contributed by atoms with Crippen molar-refractivity contribution in [1.82, 2.24) is 24.9 Å². The molecule has 0 aliphatic carbocycles. The van der Waals surface area contributed by atoms with Crippen LogP contribution in [0.15, 0.2) is 24.7 Å². The lowest BCUT2D eigenvalue weighted by Gasteiger charge is -2.10. The van der Waals surface area contributed by atoms with Gasteiger partial charge >= 0.3 is 0 Å². The maximum atomic E-state index is 4.39. The summed E-state index contributed by atoms with van der Waals surface area (Å²) in [6, 6.07) is 2.08. The van der Waals surface area contributed by atoms with Gasteiger partial charge in [0.1, 0.15) is 0 Å². The van der Waals surface area contributed by atoms with Crippen molar-refractivity contribution in [2.24, 2.45) is 11.8 Å². The fraction of sp³-hybridized carbons (Fsp3) is 0.625. The molecule has 0 aromatic carbocycles. The van der Waals surface area contributed by atoms with Crippen molar-refractivity contribution in [3.63, 3.8) is 0 Å². The van der Waals surface area contributed by atoms with Gasteiger partial charge in [0, 0.05) is 44.1 Å². The van der Waals surface area contributed by atoms with E-state index >= 15 is 0 Å². The molecule has 0 bridgehead atoms. The first kappa shape index (κ1) is 18.7. The van der Waals surface area contributed by atoms with Gasteiger partial charge in [-0.15, -0.1) is 12.4 Å². The number of aromatic nitrogens is 4. The van der Waals surface area contributed by atoms with Gasteiger partial charge in [-0.1, -0.05) is 27.7 Å². The molecule has 1 N–H and O–H groups in total. The van der Waals surface area contributed by atoms with Crippen LogP contribution in [0.25, 0.3) is 0 Å². The van der Waals surface area contributed by atoms with Gasteiger partial charge in [0.05, 0.1) is 11.9 Å². The van der Waals surface area contributed by atoms with Crippen LogP contribution in [0, 0.1) is 11.8 Å². The molecule has 0 amide bonds. The molecule has 0 saturated heterocycles. The molecule has 2 aromatic heterocycles. The predicted molar refractivity (Wildman–Crippen MR) is 91.9 cm³/mol. The molecule has 0 fully saturated rings. The van der Waals surface area contributed by atoms with E-state index in [1.165, 1.54) is 11.3 Å². The highest BCUT2D eigenvalue weighted by Crippen LogP contribution is 2.05. The number of hydrogen-bond acceptors (Lipinski definition) is 3. The molecular formula is C16H28ClN5. The zero-order chi connectivity index (χ0) is 15.2. The van der Waals surface area contributed by atoms with Crippen molar-refractivity contribution in [2.75, 3.05) is 0 Å². The molecule has 0 atom stereocenters. The minimum Gasteiger partial charge on any atom is -0.307 e. The summed E-state index contributed by atoms with van der Waals surface area (Å²) < 4.78 is 4.10. The minimum atomic E-state index is 0. The third kappa shape index (κ3) is 5.81. The van der Waals surface area contributed by atoms with Crippen LogP contribution in [0.5, 0.6) is 0 Å². The summed E-state index contributed by atoms with van der Waals surface area (Å²) in [6.45, 7) is 12.4. The molecule has 0 unspecified atom stereocenters. The second kappa shape index (κ2) is 8.96. The summed E-state index contributed by atoms with van der Waals surface area (Å²) in [4.78, 5) is 0. The van der Waals surface area contributed by atoms with Crippen LogP contribution in [-0.4, -0.2) is 19.6 Å². The first-order valence-electron chi connectivity index (χ1n) is 7.77. The van der Waals surface area contributed by atoms with Crippen LogP contribution < -0.4 is 5.32 Å². The lowest BCUT2D eigenvalue weighted by molar-refractivity contribution is 0.461. The fourth-order valence-electron chi connectivity index (χ4n) is 2.33. The maximum Gasteiger partial charge on any atom is 0.0534 e. The number of nitrogens with one attached hydrogen (secondary N) is 1. The largest absolute Gasteiger partial charge is 0.307 e.